The molecule has 21 heavy (non-hydrogen) atoms. The summed E-state index contributed by atoms with van der Waals surface area (Å²) in [5.74, 6) is 0.273. The normalized spacial score (nSPS) is 12.2. The molecule has 3 nitrogen and oxygen atoms in total. The van der Waals surface area contributed by atoms with Gasteiger partial charge < -0.3 is 5.32 Å². The van der Waals surface area contributed by atoms with Crippen LogP contribution < -0.4 is 5.32 Å². The van der Waals surface area contributed by atoms with E-state index in [1.165, 1.54) is 5.56 Å². The zero-order chi connectivity index (χ0) is 14.9. The molecule has 1 aromatic heterocycles. The molecule has 0 radical (unpaired) electrons. The first kappa shape index (κ1) is 15.0. The van der Waals surface area contributed by atoms with Crippen molar-refractivity contribution in [3.05, 3.63) is 72.1 Å². The van der Waals surface area contributed by atoms with Gasteiger partial charge in [0.05, 0.1) is 0 Å². The molecule has 1 N–H and O–H groups in total. The highest BCUT2D eigenvalue weighted by molar-refractivity contribution is 5.91. The van der Waals surface area contributed by atoms with Crippen molar-refractivity contribution >= 4 is 12.0 Å². The van der Waals surface area contributed by atoms with Crippen LogP contribution >= 0.6 is 0 Å². The van der Waals surface area contributed by atoms with Gasteiger partial charge in [0, 0.05) is 30.9 Å². The Labute approximate surface area is 125 Å². The van der Waals surface area contributed by atoms with E-state index >= 15 is 0 Å². The first-order valence-electron chi connectivity index (χ1n) is 7.20. The Morgan fingerprint density at radius 1 is 1.24 bits per heavy atom. The fourth-order valence-corrected chi connectivity index (χ4v) is 2.15. The average Bonchev–Trinajstić information content (AvgIpc) is 2.55. The van der Waals surface area contributed by atoms with E-state index in [1.54, 1.807) is 24.5 Å². The minimum absolute atomic E-state index is 0.0757. The number of pyridine rings is 1. The topological polar surface area (TPSA) is 42.0 Å². The molecule has 0 aliphatic carbocycles. The minimum Gasteiger partial charge on any atom is -0.352 e. The van der Waals surface area contributed by atoms with Crippen molar-refractivity contribution in [1.82, 2.24) is 10.3 Å². The molecule has 0 aliphatic heterocycles. The summed E-state index contributed by atoms with van der Waals surface area (Å²) in [5, 5.41) is 2.96. The lowest BCUT2D eigenvalue weighted by Crippen LogP contribution is -2.26. The van der Waals surface area contributed by atoms with E-state index in [1.807, 2.05) is 30.3 Å². The smallest absolute Gasteiger partial charge is 0.244 e. The van der Waals surface area contributed by atoms with Crippen molar-refractivity contribution in [2.24, 2.45) is 0 Å². The van der Waals surface area contributed by atoms with E-state index in [0.717, 1.165) is 12.0 Å². The number of carbonyl (C=O) groups is 1. The van der Waals surface area contributed by atoms with Crippen LogP contribution in [0.1, 0.15) is 30.4 Å². The van der Waals surface area contributed by atoms with Crippen LogP contribution in [0, 0.1) is 0 Å². The molecule has 1 heterocycles. The number of aromatic nitrogens is 1. The van der Waals surface area contributed by atoms with E-state index < -0.39 is 0 Å². The number of nitrogens with zero attached hydrogens (tertiary/aromatic N) is 1. The van der Waals surface area contributed by atoms with Gasteiger partial charge in [-0.1, -0.05) is 43.3 Å². The molecule has 108 valence electrons. The molecule has 1 unspecified atom stereocenters. The molecule has 3 heteroatoms. The van der Waals surface area contributed by atoms with Gasteiger partial charge in [-0.05, 0) is 29.7 Å². The number of benzene rings is 1. The number of amides is 1. The maximum Gasteiger partial charge on any atom is 0.244 e. The largest absolute Gasteiger partial charge is 0.352 e. The number of hydrogen-bond donors (Lipinski definition) is 1. The van der Waals surface area contributed by atoms with Gasteiger partial charge in [0.2, 0.25) is 5.91 Å². The average molecular weight is 280 g/mol. The first-order chi connectivity index (χ1) is 10.3. The quantitative estimate of drug-likeness (QED) is 0.824. The molecule has 1 amide bonds. The number of carbonyl (C=O) groups excluding carboxylic acids is 1. The minimum atomic E-state index is -0.0757. The van der Waals surface area contributed by atoms with Crippen LogP contribution in [0.4, 0.5) is 0 Å². The van der Waals surface area contributed by atoms with Crippen LogP contribution in [0.5, 0.6) is 0 Å². The van der Waals surface area contributed by atoms with Gasteiger partial charge in [0.15, 0.2) is 0 Å². The predicted octanol–water partition coefficient (Wildman–Crippen LogP) is 3.40. The molecular weight excluding hydrogens is 260 g/mol. The third-order valence-electron chi connectivity index (χ3n) is 3.40. The summed E-state index contributed by atoms with van der Waals surface area (Å²) in [4.78, 5) is 15.9. The first-order valence-corrected chi connectivity index (χ1v) is 7.20. The molecular formula is C18H20N2O. The molecule has 1 aromatic carbocycles. The summed E-state index contributed by atoms with van der Waals surface area (Å²) >= 11 is 0. The maximum absolute atomic E-state index is 11.8. The highest BCUT2D eigenvalue weighted by Gasteiger charge is 2.09. The Kier molecular flexibility index (Phi) is 5.71. The highest BCUT2D eigenvalue weighted by atomic mass is 16.1. The second-order valence-corrected chi connectivity index (χ2v) is 4.88. The van der Waals surface area contributed by atoms with Crippen molar-refractivity contribution in [3.8, 4) is 0 Å². The highest BCUT2D eigenvalue weighted by Crippen LogP contribution is 2.17. The van der Waals surface area contributed by atoms with Gasteiger partial charge in [-0.2, -0.15) is 0 Å². The van der Waals surface area contributed by atoms with Crippen molar-refractivity contribution in [1.29, 1.82) is 0 Å². The summed E-state index contributed by atoms with van der Waals surface area (Å²) in [6, 6.07) is 14.0. The number of rotatable bonds is 6. The zero-order valence-corrected chi connectivity index (χ0v) is 12.2. The van der Waals surface area contributed by atoms with Gasteiger partial charge in [-0.3, -0.25) is 9.78 Å². The predicted molar refractivity (Wildman–Crippen MR) is 85.8 cm³/mol. The summed E-state index contributed by atoms with van der Waals surface area (Å²) in [6.07, 6.45) is 7.75. The van der Waals surface area contributed by atoms with Crippen LogP contribution in [-0.2, 0) is 4.79 Å². The standard InChI is InChI=1S/C18H20N2O/c1-2-16(17-8-4-3-5-9-17)14-20-18(21)11-10-15-7-6-12-19-13-15/h3-13,16H,2,14H2,1H3,(H,20,21)/b11-10+. The van der Waals surface area contributed by atoms with E-state index in [4.69, 9.17) is 0 Å². The Hall–Kier alpha value is -2.42. The zero-order valence-electron chi connectivity index (χ0n) is 12.2. The van der Waals surface area contributed by atoms with E-state index in [-0.39, 0.29) is 5.91 Å². The number of nitrogens with one attached hydrogen (secondary N) is 1. The molecule has 0 saturated heterocycles. The van der Waals surface area contributed by atoms with Gasteiger partial charge in [0.25, 0.3) is 0 Å². The monoisotopic (exact) mass is 280 g/mol. The lowest BCUT2D eigenvalue weighted by molar-refractivity contribution is -0.116. The van der Waals surface area contributed by atoms with Crippen molar-refractivity contribution in [2.45, 2.75) is 19.3 Å². The van der Waals surface area contributed by atoms with Crippen LogP contribution in [0.2, 0.25) is 0 Å². The summed E-state index contributed by atoms with van der Waals surface area (Å²) in [5.41, 5.74) is 2.18. The number of hydrogen-bond acceptors (Lipinski definition) is 2. The van der Waals surface area contributed by atoms with E-state index in [9.17, 15) is 4.79 Å². The van der Waals surface area contributed by atoms with Crippen LogP contribution in [0.15, 0.2) is 60.9 Å². The third-order valence-corrected chi connectivity index (χ3v) is 3.40. The van der Waals surface area contributed by atoms with Gasteiger partial charge >= 0.3 is 0 Å². The molecule has 0 spiro atoms. The van der Waals surface area contributed by atoms with Crippen LogP contribution in [0.25, 0.3) is 6.08 Å². The lowest BCUT2D eigenvalue weighted by atomic mass is 9.96. The van der Waals surface area contributed by atoms with Gasteiger partial charge in [-0.25, -0.2) is 0 Å². The molecule has 0 bridgehead atoms. The van der Waals surface area contributed by atoms with Crippen LogP contribution in [0.3, 0.4) is 0 Å². The second kappa shape index (κ2) is 8.00. The Bertz CT molecular complexity index is 579. The Morgan fingerprint density at radius 2 is 2.05 bits per heavy atom. The van der Waals surface area contributed by atoms with Gasteiger partial charge in [-0.15, -0.1) is 0 Å². The van der Waals surface area contributed by atoms with Gasteiger partial charge in [0.1, 0.15) is 0 Å². The molecule has 0 saturated carbocycles. The molecule has 2 rings (SSSR count). The summed E-state index contributed by atoms with van der Waals surface area (Å²) < 4.78 is 0. The molecule has 1 atom stereocenters. The molecule has 0 fully saturated rings. The van der Waals surface area contributed by atoms with Crippen LogP contribution in [-0.4, -0.2) is 17.4 Å². The van der Waals surface area contributed by atoms with E-state index in [2.05, 4.69) is 29.4 Å². The fourth-order valence-electron chi connectivity index (χ4n) is 2.15. The summed E-state index contributed by atoms with van der Waals surface area (Å²) in [6.45, 7) is 2.78. The maximum atomic E-state index is 11.8. The fraction of sp³-hybridized carbons (Fsp3) is 0.222. The lowest BCUT2D eigenvalue weighted by Gasteiger charge is -2.15. The van der Waals surface area contributed by atoms with Crippen molar-refractivity contribution in [2.75, 3.05) is 6.54 Å². The Balaban J connectivity index is 1.87. The second-order valence-electron chi connectivity index (χ2n) is 4.88. The third kappa shape index (κ3) is 4.88. The Morgan fingerprint density at radius 3 is 2.71 bits per heavy atom. The summed E-state index contributed by atoms with van der Waals surface area (Å²) in [7, 11) is 0. The molecule has 0 aliphatic rings. The molecule has 2 aromatic rings. The van der Waals surface area contributed by atoms with Crippen molar-refractivity contribution in [3.63, 3.8) is 0 Å². The SMILES string of the molecule is CCC(CNC(=O)/C=C/c1cccnc1)c1ccccc1. The van der Waals surface area contributed by atoms with Crippen molar-refractivity contribution < 1.29 is 4.79 Å². The van der Waals surface area contributed by atoms with E-state index in [0.29, 0.717) is 12.5 Å².